The molecule has 1 N–H and O–H groups in total. The van der Waals surface area contributed by atoms with Crippen LogP contribution in [0.4, 0.5) is 5.82 Å². The highest BCUT2D eigenvalue weighted by Gasteiger charge is 2.39. The number of aliphatic carboxylic acids is 1. The highest BCUT2D eigenvalue weighted by atomic mass is 16.6. The van der Waals surface area contributed by atoms with Crippen molar-refractivity contribution < 1.29 is 14.8 Å². The van der Waals surface area contributed by atoms with Crippen LogP contribution in [0.15, 0.2) is 36.8 Å². The van der Waals surface area contributed by atoms with Gasteiger partial charge in [-0.3, -0.25) is 4.57 Å². The van der Waals surface area contributed by atoms with Gasteiger partial charge in [-0.1, -0.05) is 29.8 Å². The van der Waals surface area contributed by atoms with Gasteiger partial charge in [0.05, 0.1) is 0 Å². The molecule has 20 heavy (non-hydrogen) atoms. The van der Waals surface area contributed by atoms with Crippen molar-refractivity contribution in [2.75, 3.05) is 0 Å². The van der Waals surface area contributed by atoms with E-state index in [-0.39, 0.29) is 5.82 Å². The zero-order valence-corrected chi connectivity index (χ0v) is 11.0. The van der Waals surface area contributed by atoms with Crippen LogP contribution in [0, 0.1) is 17.0 Å². The number of imidazole rings is 1. The van der Waals surface area contributed by atoms with Crippen molar-refractivity contribution in [1.29, 1.82) is 0 Å². The number of hydrogen-bond acceptors (Lipinski definition) is 4. The van der Waals surface area contributed by atoms with Crippen molar-refractivity contribution in [2.24, 2.45) is 0 Å². The van der Waals surface area contributed by atoms with E-state index in [1.165, 1.54) is 11.5 Å². The summed E-state index contributed by atoms with van der Waals surface area (Å²) < 4.78 is 1.24. The monoisotopic (exact) mass is 275 g/mol. The molecule has 0 saturated carbocycles. The van der Waals surface area contributed by atoms with Gasteiger partial charge < -0.3 is 15.2 Å². The van der Waals surface area contributed by atoms with Crippen molar-refractivity contribution >= 4 is 11.8 Å². The highest BCUT2D eigenvalue weighted by molar-refractivity contribution is 5.81. The van der Waals surface area contributed by atoms with Crippen molar-refractivity contribution in [2.45, 2.75) is 19.4 Å². The minimum atomic E-state index is -1.45. The number of aromatic nitrogens is 2. The Hall–Kier alpha value is -2.70. The van der Waals surface area contributed by atoms with E-state index in [4.69, 9.17) is 0 Å². The van der Waals surface area contributed by atoms with Crippen LogP contribution in [0.1, 0.15) is 18.1 Å². The minimum absolute atomic E-state index is 0.384. The third-order valence-corrected chi connectivity index (χ3v) is 3.27. The first kappa shape index (κ1) is 13.7. The fraction of sp³-hybridized carbons (Fsp3) is 0.231. The number of hydrogen-bond donors (Lipinski definition) is 1. The highest BCUT2D eigenvalue weighted by Crippen LogP contribution is 2.28. The summed E-state index contributed by atoms with van der Waals surface area (Å²) in [4.78, 5) is 25.3. The lowest BCUT2D eigenvalue weighted by molar-refractivity contribution is -0.389. The number of nitro groups is 1. The Kier molecular flexibility index (Phi) is 3.27. The fourth-order valence-electron chi connectivity index (χ4n) is 1.98. The third kappa shape index (κ3) is 2.13. The van der Waals surface area contributed by atoms with E-state index in [9.17, 15) is 20.0 Å². The maximum absolute atomic E-state index is 11.7. The summed E-state index contributed by atoms with van der Waals surface area (Å²) in [7, 11) is 0. The number of aryl methyl sites for hydroxylation is 1. The van der Waals surface area contributed by atoms with Crippen molar-refractivity contribution in [3.63, 3.8) is 0 Å². The summed E-state index contributed by atoms with van der Waals surface area (Å²) in [5.74, 6) is -1.50. The van der Waals surface area contributed by atoms with E-state index in [1.807, 2.05) is 13.0 Å². The molecular weight excluding hydrogens is 262 g/mol. The van der Waals surface area contributed by atoms with Gasteiger partial charge in [0.25, 0.3) is 0 Å². The standard InChI is InChI=1S/C13H13N3O4/c1-9-4-3-5-10(6-9)13(2,12(17)18)15-7-11(14-8-15)16(19)20/h3-8H,1-2H3,(H,17,18)/t13-/m1/s1. The molecule has 0 bridgehead atoms. The lowest BCUT2D eigenvalue weighted by Gasteiger charge is -2.26. The van der Waals surface area contributed by atoms with Gasteiger partial charge in [-0.25, -0.2) is 4.79 Å². The van der Waals surface area contributed by atoms with Gasteiger partial charge in [-0.15, -0.1) is 0 Å². The second-order valence-electron chi connectivity index (χ2n) is 4.64. The molecule has 7 nitrogen and oxygen atoms in total. The van der Waals surface area contributed by atoms with E-state index in [0.717, 1.165) is 18.1 Å². The molecule has 0 amide bonds. The predicted octanol–water partition coefficient (Wildman–Crippen LogP) is 1.95. The molecule has 0 radical (unpaired) electrons. The molecule has 7 heteroatoms. The van der Waals surface area contributed by atoms with Gasteiger partial charge in [-0.05, 0) is 29.3 Å². The summed E-state index contributed by atoms with van der Waals surface area (Å²) in [6, 6.07) is 7.01. The smallest absolute Gasteiger partial charge is 0.381 e. The molecule has 104 valence electrons. The number of benzene rings is 1. The average molecular weight is 275 g/mol. The normalized spacial score (nSPS) is 13.7. The molecule has 1 atom stereocenters. The van der Waals surface area contributed by atoms with Crippen LogP contribution in [0.3, 0.4) is 0 Å². The number of nitrogens with zero attached hydrogens (tertiary/aromatic N) is 3. The van der Waals surface area contributed by atoms with Crippen LogP contribution >= 0.6 is 0 Å². The van der Waals surface area contributed by atoms with E-state index in [2.05, 4.69) is 4.98 Å². The van der Waals surface area contributed by atoms with Gasteiger partial charge in [-0.2, -0.15) is 0 Å². The van der Waals surface area contributed by atoms with E-state index < -0.39 is 16.4 Å². The van der Waals surface area contributed by atoms with Crippen molar-refractivity contribution in [3.8, 4) is 0 Å². The van der Waals surface area contributed by atoms with Crippen LogP contribution in [-0.2, 0) is 10.3 Å². The molecule has 0 aliphatic rings. The molecule has 0 spiro atoms. The van der Waals surface area contributed by atoms with E-state index in [1.54, 1.807) is 18.2 Å². The van der Waals surface area contributed by atoms with Gasteiger partial charge in [0.15, 0.2) is 5.54 Å². The summed E-state index contributed by atoms with van der Waals surface area (Å²) in [6.45, 7) is 3.33. The Labute approximate surface area is 114 Å². The van der Waals surface area contributed by atoms with Crippen LogP contribution in [0.5, 0.6) is 0 Å². The second kappa shape index (κ2) is 4.76. The summed E-state index contributed by atoms with van der Waals surface area (Å²) in [5.41, 5.74) is -0.0188. The van der Waals surface area contributed by atoms with Crippen molar-refractivity contribution in [3.05, 3.63) is 58.0 Å². The Morgan fingerprint density at radius 3 is 2.70 bits per heavy atom. The first-order valence-electron chi connectivity index (χ1n) is 5.85. The largest absolute Gasteiger partial charge is 0.479 e. The zero-order valence-electron chi connectivity index (χ0n) is 11.0. The molecule has 2 rings (SSSR count). The molecular formula is C13H13N3O4. The Morgan fingerprint density at radius 2 is 2.20 bits per heavy atom. The topological polar surface area (TPSA) is 98.3 Å². The molecule has 1 aromatic heterocycles. The molecule has 0 aliphatic carbocycles. The fourth-order valence-corrected chi connectivity index (χ4v) is 1.98. The van der Waals surface area contributed by atoms with Gasteiger partial charge in [0.1, 0.15) is 6.20 Å². The Balaban J connectivity index is 2.59. The average Bonchev–Trinajstić information content (AvgIpc) is 2.87. The maximum atomic E-state index is 11.7. The van der Waals surface area contributed by atoms with Crippen LogP contribution in [-0.4, -0.2) is 25.6 Å². The summed E-state index contributed by atoms with van der Waals surface area (Å²) in [5, 5.41) is 20.2. The zero-order chi connectivity index (χ0) is 14.9. The molecule has 0 fully saturated rings. The van der Waals surface area contributed by atoms with Crippen LogP contribution in [0.25, 0.3) is 0 Å². The number of carboxylic acid groups (broad SMARTS) is 1. The lowest BCUT2D eigenvalue weighted by atomic mass is 9.91. The molecule has 0 unspecified atom stereocenters. The molecule has 0 aliphatic heterocycles. The second-order valence-corrected chi connectivity index (χ2v) is 4.64. The summed E-state index contributed by atoms with van der Waals surface area (Å²) in [6.07, 6.45) is 2.28. The lowest BCUT2D eigenvalue weighted by Crippen LogP contribution is -2.39. The van der Waals surface area contributed by atoms with Gasteiger partial charge >= 0.3 is 11.8 Å². The molecule has 0 saturated heterocycles. The van der Waals surface area contributed by atoms with Crippen LogP contribution < -0.4 is 0 Å². The van der Waals surface area contributed by atoms with Crippen LogP contribution in [0.2, 0.25) is 0 Å². The Morgan fingerprint density at radius 1 is 1.50 bits per heavy atom. The van der Waals surface area contributed by atoms with Crippen molar-refractivity contribution in [1.82, 2.24) is 9.55 Å². The SMILES string of the molecule is Cc1cccc([C@](C)(C(=O)O)n2cnc([N+](=O)[O-])c2)c1. The Bertz CT molecular complexity index is 680. The first-order valence-corrected chi connectivity index (χ1v) is 5.85. The van der Waals surface area contributed by atoms with E-state index in [0.29, 0.717) is 5.56 Å². The first-order chi connectivity index (χ1) is 9.35. The van der Waals surface area contributed by atoms with E-state index >= 15 is 0 Å². The number of carbonyl (C=O) groups is 1. The van der Waals surface area contributed by atoms with Gasteiger partial charge in [0, 0.05) is 0 Å². The summed E-state index contributed by atoms with van der Waals surface area (Å²) >= 11 is 0. The number of carboxylic acids is 1. The third-order valence-electron chi connectivity index (χ3n) is 3.27. The molecule has 2 aromatic rings. The molecule has 1 heterocycles. The van der Waals surface area contributed by atoms with Gasteiger partial charge in [0.2, 0.25) is 6.33 Å². The maximum Gasteiger partial charge on any atom is 0.381 e. The quantitative estimate of drug-likeness (QED) is 0.679. The molecule has 1 aromatic carbocycles. The predicted molar refractivity (Wildman–Crippen MR) is 70.4 cm³/mol. The number of rotatable bonds is 4. The minimum Gasteiger partial charge on any atom is -0.479 e.